The minimum atomic E-state index is -0.384. The number of nitrogens with two attached hydrogens (primary N) is 1. The molecule has 0 aliphatic heterocycles. The lowest BCUT2D eigenvalue weighted by Gasteiger charge is -2.16. The fourth-order valence-electron chi connectivity index (χ4n) is 1.33. The topological polar surface area (TPSA) is 92.4 Å². The monoisotopic (exact) mass is 235 g/mol. The number of hydrogen-bond donors (Lipinski definition) is 3. The van der Waals surface area contributed by atoms with E-state index in [9.17, 15) is 4.79 Å². The molecule has 6 nitrogen and oxygen atoms in total. The van der Waals surface area contributed by atoms with Crippen LogP contribution in [0.4, 0.5) is 4.79 Å². The summed E-state index contributed by atoms with van der Waals surface area (Å²) in [5.74, 6) is 0.0818. The zero-order valence-corrected chi connectivity index (χ0v) is 9.97. The summed E-state index contributed by atoms with van der Waals surface area (Å²) in [5, 5.41) is 5.19. The number of urea groups is 1. The van der Waals surface area contributed by atoms with Crippen molar-refractivity contribution < 1.29 is 4.79 Å². The van der Waals surface area contributed by atoms with E-state index in [4.69, 9.17) is 5.73 Å². The highest BCUT2D eigenvalue weighted by atomic mass is 16.2. The Morgan fingerprint density at radius 3 is 2.88 bits per heavy atom. The maximum atomic E-state index is 11.5. The molecule has 2 amide bonds. The lowest BCUT2D eigenvalue weighted by Crippen LogP contribution is -2.44. The van der Waals surface area contributed by atoms with Crippen LogP contribution >= 0.6 is 0 Å². The number of amides is 2. The first-order valence-electron chi connectivity index (χ1n) is 5.38. The fraction of sp³-hybridized carbons (Fsp3) is 0.364. The lowest BCUT2D eigenvalue weighted by atomic mass is 10.1. The van der Waals surface area contributed by atoms with Gasteiger partial charge in [-0.15, -0.1) is 0 Å². The van der Waals surface area contributed by atoms with Gasteiger partial charge in [-0.2, -0.15) is 0 Å². The molecule has 1 rings (SSSR count). The van der Waals surface area contributed by atoms with Gasteiger partial charge in [0.25, 0.3) is 0 Å². The molecule has 0 aliphatic carbocycles. The maximum Gasteiger partial charge on any atom is 0.322 e. The van der Waals surface area contributed by atoms with Crippen LogP contribution in [0.5, 0.6) is 0 Å². The van der Waals surface area contributed by atoms with Crippen molar-refractivity contribution in [3.05, 3.63) is 30.1 Å². The van der Waals surface area contributed by atoms with E-state index in [1.807, 2.05) is 25.1 Å². The van der Waals surface area contributed by atoms with E-state index in [1.165, 1.54) is 7.05 Å². The van der Waals surface area contributed by atoms with Crippen molar-refractivity contribution in [3.8, 4) is 0 Å². The predicted molar refractivity (Wildman–Crippen MR) is 66.5 cm³/mol. The Kier molecular flexibility index (Phi) is 4.93. The van der Waals surface area contributed by atoms with Crippen molar-refractivity contribution in [1.82, 2.24) is 15.6 Å². The average molecular weight is 235 g/mol. The molecule has 0 aromatic carbocycles. The molecular weight excluding hydrogens is 218 g/mol. The maximum absolute atomic E-state index is 11.5. The highest BCUT2D eigenvalue weighted by Gasteiger charge is 2.13. The molecule has 0 bridgehead atoms. The minimum absolute atomic E-state index is 0.0818. The molecule has 0 aliphatic rings. The van der Waals surface area contributed by atoms with E-state index < -0.39 is 0 Å². The molecule has 6 heteroatoms. The van der Waals surface area contributed by atoms with Crippen LogP contribution in [-0.4, -0.2) is 24.0 Å². The van der Waals surface area contributed by atoms with Crippen molar-refractivity contribution in [3.63, 3.8) is 0 Å². The smallest absolute Gasteiger partial charge is 0.322 e. The second-order valence-electron chi connectivity index (χ2n) is 3.42. The van der Waals surface area contributed by atoms with E-state index >= 15 is 0 Å². The molecule has 0 saturated carbocycles. The summed E-state index contributed by atoms with van der Waals surface area (Å²) in [4.78, 5) is 19.4. The Labute approximate surface area is 100 Å². The summed E-state index contributed by atoms with van der Waals surface area (Å²) in [7, 11) is 1.51. The molecule has 1 aromatic rings. The van der Waals surface area contributed by atoms with Crippen molar-refractivity contribution in [2.45, 2.75) is 19.4 Å². The minimum Gasteiger partial charge on any atom is -0.370 e. The van der Waals surface area contributed by atoms with Crippen LogP contribution in [0.25, 0.3) is 0 Å². The van der Waals surface area contributed by atoms with E-state index in [1.54, 1.807) is 6.20 Å². The van der Waals surface area contributed by atoms with Gasteiger partial charge in [0.05, 0.1) is 11.7 Å². The zero-order valence-electron chi connectivity index (χ0n) is 9.97. The molecule has 1 unspecified atom stereocenters. The van der Waals surface area contributed by atoms with Crippen molar-refractivity contribution in [1.29, 1.82) is 0 Å². The van der Waals surface area contributed by atoms with Gasteiger partial charge in [-0.1, -0.05) is 13.0 Å². The molecule has 1 heterocycles. The summed E-state index contributed by atoms with van der Waals surface area (Å²) >= 11 is 0. The van der Waals surface area contributed by atoms with Crippen LogP contribution < -0.4 is 16.4 Å². The number of pyridine rings is 1. The first-order valence-corrected chi connectivity index (χ1v) is 5.38. The normalized spacial score (nSPS) is 12.9. The van der Waals surface area contributed by atoms with Crippen LogP contribution in [0, 0.1) is 0 Å². The number of carbonyl (C=O) groups is 1. The van der Waals surface area contributed by atoms with Crippen LogP contribution in [0.1, 0.15) is 25.1 Å². The van der Waals surface area contributed by atoms with Gasteiger partial charge in [-0.3, -0.25) is 15.3 Å². The second-order valence-corrected chi connectivity index (χ2v) is 3.42. The van der Waals surface area contributed by atoms with E-state index in [0.29, 0.717) is 0 Å². The van der Waals surface area contributed by atoms with E-state index in [0.717, 1.165) is 12.1 Å². The third-order valence-electron chi connectivity index (χ3n) is 2.24. The number of nitrogens with zero attached hydrogens (tertiary/aromatic N) is 2. The SMILES string of the molecule is CCC(NC(=O)NC(N)=NC)c1ccccn1. The first-order chi connectivity index (χ1) is 8.17. The van der Waals surface area contributed by atoms with Gasteiger partial charge in [0.15, 0.2) is 5.96 Å². The molecule has 0 radical (unpaired) electrons. The Morgan fingerprint density at radius 2 is 2.35 bits per heavy atom. The fourth-order valence-corrected chi connectivity index (χ4v) is 1.33. The average Bonchev–Trinajstić information content (AvgIpc) is 2.36. The highest BCUT2D eigenvalue weighted by Crippen LogP contribution is 2.12. The zero-order chi connectivity index (χ0) is 12.7. The standard InChI is InChI=1S/C11H17N5O/c1-3-8(9-6-4-5-7-14-9)15-11(17)16-10(12)13-2/h4-8H,3H2,1-2H3,(H4,12,13,15,16,17). The number of carbonyl (C=O) groups excluding carboxylic acids is 1. The molecule has 0 fully saturated rings. The molecule has 1 atom stereocenters. The van der Waals surface area contributed by atoms with Gasteiger partial charge in [-0.05, 0) is 18.6 Å². The van der Waals surface area contributed by atoms with Crippen LogP contribution in [-0.2, 0) is 0 Å². The molecule has 92 valence electrons. The molecule has 1 aromatic heterocycles. The number of nitrogens with one attached hydrogen (secondary N) is 2. The van der Waals surface area contributed by atoms with Gasteiger partial charge in [0.1, 0.15) is 0 Å². The summed E-state index contributed by atoms with van der Waals surface area (Å²) in [6.07, 6.45) is 2.44. The molecule has 0 saturated heterocycles. The van der Waals surface area contributed by atoms with E-state index in [-0.39, 0.29) is 18.0 Å². The van der Waals surface area contributed by atoms with E-state index in [2.05, 4.69) is 20.6 Å². The van der Waals surface area contributed by atoms with Crippen molar-refractivity contribution in [2.75, 3.05) is 7.05 Å². The van der Waals surface area contributed by atoms with Crippen LogP contribution in [0.3, 0.4) is 0 Å². The summed E-state index contributed by atoms with van der Waals surface area (Å²) < 4.78 is 0. The lowest BCUT2D eigenvalue weighted by molar-refractivity contribution is 0.241. The third-order valence-corrected chi connectivity index (χ3v) is 2.24. The first kappa shape index (κ1) is 13.0. The Morgan fingerprint density at radius 1 is 1.59 bits per heavy atom. The molecule has 4 N–H and O–H groups in total. The highest BCUT2D eigenvalue weighted by molar-refractivity contribution is 5.95. The van der Waals surface area contributed by atoms with Crippen molar-refractivity contribution >= 4 is 12.0 Å². The summed E-state index contributed by atoms with van der Waals surface area (Å²) in [5.41, 5.74) is 6.21. The molecular formula is C11H17N5O. The Hall–Kier alpha value is -2.11. The van der Waals surface area contributed by atoms with Gasteiger partial charge in [0.2, 0.25) is 0 Å². The van der Waals surface area contributed by atoms with Crippen LogP contribution in [0.15, 0.2) is 29.4 Å². The number of aromatic nitrogens is 1. The third kappa shape index (κ3) is 4.10. The van der Waals surface area contributed by atoms with Crippen LogP contribution in [0.2, 0.25) is 0 Å². The van der Waals surface area contributed by atoms with Gasteiger partial charge >= 0.3 is 6.03 Å². The quantitative estimate of drug-likeness (QED) is 0.534. The van der Waals surface area contributed by atoms with Gasteiger partial charge in [-0.25, -0.2) is 4.79 Å². The second kappa shape index (κ2) is 6.47. The Balaban J connectivity index is 2.62. The van der Waals surface area contributed by atoms with Gasteiger partial charge < -0.3 is 11.1 Å². The number of rotatable bonds is 3. The van der Waals surface area contributed by atoms with Gasteiger partial charge in [0, 0.05) is 13.2 Å². The largest absolute Gasteiger partial charge is 0.370 e. The number of aliphatic imine (C=N–C) groups is 1. The molecule has 0 spiro atoms. The number of hydrogen-bond acceptors (Lipinski definition) is 3. The Bertz CT molecular complexity index is 390. The summed E-state index contributed by atoms with van der Waals surface area (Å²) in [6, 6.07) is 5.06. The number of guanidine groups is 1. The summed E-state index contributed by atoms with van der Waals surface area (Å²) in [6.45, 7) is 1.97. The van der Waals surface area contributed by atoms with Crippen molar-refractivity contribution in [2.24, 2.45) is 10.7 Å². The molecule has 17 heavy (non-hydrogen) atoms. The predicted octanol–water partition coefficient (Wildman–Crippen LogP) is 0.776.